The summed E-state index contributed by atoms with van der Waals surface area (Å²) in [5.74, 6) is -0.223. The Labute approximate surface area is 134 Å². The van der Waals surface area contributed by atoms with Crippen LogP contribution in [-0.2, 0) is 17.6 Å². The summed E-state index contributed by atoms with van der Waals surface area (Å²) in [6, 6.07) is 15.3. The van der Waals surface area contributed by atoms with Crippen LogP contribution in [0.25, 0.3) is 0 Å². The predicted octanol–water partition coefficient (Wildman–Crippen LogP) is 1.82. The summed E-state index contributed by atoms with van der Waals surface area (Å²) in [5.41, 5.74) is 7.85. The van der Waals surface area contributed by atoms with E-state index in [9.17, 15) is 14.9 Å². The minimum atomic E-state index is -0.674. The highest BCUT2D eigenvalue weighted by molar-refractivity contribution is 5.81. The van der Waals surface area contributed by atoms with Gasteiger partial charge >= 0.3 is 0 Å². The summed E-state index contributed by atoms with van der Waals surface area (Å²) in [6.45, 7) is 0.525. The number of hydrogen-bond acceptors (Lipinski definition) is 4. The first-order valence-corrected chi connectivity index (χ1v) is 7.37. The lowest BCUT2D eigenvalue weighted by Gasteiger charge is -2.12. The number of rotatable bonds is 7. The molecule has 0 aliphatic heterocycles. The number of amides is 1. The highest BCUT2D eigenvalue weighted by Crippen LogP contribution is 2.12. The van der Waals surface area contributed by atoms with Crippen molar-refractivity contribution in [1.82, 2.24) is 5.32 Å². The van der Waals surface area contributed by atoms with Crippen LogP contribution in [0, 0.1) is 10.1 Å². The molecule has 2 rings (SSSR count). The fourth-order valence-corrected chi connectivity index (χ4v) is 2.21. The molecule has 0 radical (unpaired) electrons. The van der Waals surface area contributed by atoms with Gasteiger partial charge in [-0.1, -0.05) is 42.5 Å². The monoisotopic (exact) mass is 313 g/mol. The third-order valence-corrected chi connectivity index (χ3v) is 3.50. The van der Waals surface area contributed by atoms with Crippen molar-refractivity contribution in [3.05, 3.63) is 75.8 Å². The van der Waals surface area contributed by atoms with Gasteiger partial charge in [0.15, 0.2) is 0 Å². The molecular weight excluding hydrogens is 294 g/mol. The van der Waals surface area contributed by atoms with E-state index in [1.54, 1.807) is 12.1 Å². The van der Waals surface area contributed by atoms with Crippen LogP contribution in [0.2, 0.25) is 0 Å². The van der Waals surface area contributed by atoms with Gasteiger partial charge in [0, 0.05) is 18.7 Å². The molecule has 0 saturated carbocycles. The number of nitrogens with zero attached hydrogens (tertiary/aromatic N) is 1. The number of carbonyl (C=O) groups is 1. The fourth-order valence-electron chi connectivity index (χ4n) is 2.21. The quantitative estimate of drug-likeness (QED) is 0.601. The van der Waals surface area contributed by atoms with Crippen LogP contribution in [0.5, 0.6) is 0 Å². The SMILES string of the molecule is NC(Cc1ccc([N+](=O)[O-])cc1)C(=O)NCCc1ccccc1. The summed E-state index contributed by atoms with van der Waals surface area (Å²) in [6.07, 6.45) is 1.09. The Hall–Kier alpha value is -2.73. The molecule has 6 heteroatoms. The number of nitro groups is 1. The van der Waals surface area contributed by atoms with Gasteiger partial charge in [-0.3, -0.25) is 14.9 Å². The van der Waals surface area contributed by atoms with Crippen molar-refractivity contribution in [1.29, 1.82) is 0 Å². The standard InChI is InChI=1S/C17H19N3O3/c18-16(12-14-6-8-15(9-7-14)20(22)23)17(21)19-11-10-13-4-2-1-3-5-13/h1-9,16H,10-12,18H2,(H,19,21). The minimum Gasteiger partial charge on any atom is -0.354 e. The molecule has 0 aromatic heterocycles. The van der Waals surface area contributed by atoms with Crippen LogP contribution in [0.3, 0.4) is 0 Å². The average Bonchev–Trinajstić information content (AvgIpc) is 2.56. The Balaban J connectivity index is 1.79. The van der Waals surface area contributed by atoms with Gasteiger partial charge in [-0.05, 0) is 24.0 Å². The molecule has 0 bridgehead atoms. The van der Waals surface area contributed by atoms with Crippen molar-refractivity contribution in [3.8, 4) is 0 Å². The molecule has 120 valence electrons. The molecule has 0 heterocycles. The van der Waals surface area contributed by atoms with Crippen molar-refractivity contribution in [2.45, 2.75) is 18.9 Å². The Kier molecular flexibility index (Phi) is 5.82. The van der Waals surface area contributed by atoms with Gasteiger partial charge in [0.05, 0.1) is 11.0 Å². The van der Waals surface area contributed by atoms with E-state index in [0.717, 1.165) is 17.5 Å². The van der Waals surface area contributed by atoms with Crippen molar-refractivity contribution >= 4 is 11.6 Å². The molecule has 0 spiro atoms. The topological polar surface area (TPSA) is 98.3 Å². The van der Waals surface area contributed by atoms with E-state index >= 15 is 0 Å². The normalized spacial score (nSPS) is 11.7. The zero-order valence-corrected chi connectivity index (χ0v) is 12.6. The highest BCUT2D eigenvalue weighted by atomic mass is 16.6. The number of benzene rings is 2. The third-order valence-electron chi connectivity index (χ3n) is 3.50. The number of hydrogen-bond donors (Lipinski definition) is 2. The summed E-state index contributed by atoms with van der Waals surface area (Å²) in [7, 11) is 0. The smallest absolute Gasteiger partial charge is 0.269 e. The zero-order chi connectivity index (χ0) is 16.7. The molecular formula is C17H19N3O3. The number of nitrogens with two attached hydrogens (primary N) is 1. The number of nitrogens with one attached hydrogen (secondary N) is 1. The van der Waals surface area contributed by atoms with Gasteiger partial charge < -0.3 is 11.1 Å². The van der Waals surface area contributed by atoms with Crippen LogP contribution in [-0.4, -0.2) is 23.4 Å². The van der Waals surface area contributed by atoms with E-state index in [-0.39, 0.29) is 11.6 Å². The maximum atomic E-state index is 12.0. The van der Waals surface area contributed by atoms with Crippen molar-refractivity contribution in [3.63, 3.8) is 0 Å². The van der Waals surface area contributed by atoms with E-state index in [0.29, 0.717) is 13.0 Å². The largest absolute Gasteiger partial charge is 0.354 e. The number of carbonyl (C=O) groups excluding carboxylic acids is 1. The second-order valence-corrected chi connectivity index (χ2v) is 5.26. The van der Waals surface area contributed by atoms with Crippen LogP contribution in [0.1, 0.15) is 11.1 Å². The zero-order valence-electron chi connectivity index (χ0n) is 12.6. The Morgan fingerprint density at radius 2 is 1.74 bits per heavy atom. The van der Waals surface area contributed by atoms with Gasteiger partial charge in [0.1, 0.15) is 0 Å². The van der Waals surface area contributed by atoms with E-state index in [2.05, 4.69) is 5.32 Å². The lowest BCUT2D eigenvalue weighted by Crippen LogP contribution is -2.42. The predicted molar refractivity (Wildman–Crippen MR) is 87.9 cm³/mol. The van der Waals surface area contributed by atoms with Gasteiger partial charge in [0.25, 0.3) is 5.69 Å². The van der Waals surface area contributed by atoms with Crippen molar-refractivity contribution in [2.24, 2.45) is 5.73 Å². The minimum absolute atomic E-state index is 0.0228. The van der Waals surface area contributed by atoms with Crippen LogP contribution in [0.15, 0.2) is 54.6 Å². The van der Waals surface area contributed by atoms with Crippen LogP contribution in [0.4, 0.5) is 5.69 Å². The van der Waals surface area contributed by atoms with E-state index in [1.807, 2.05) is 30.3 Å². The average molecular weight is 313 g/mol. The second-order valence-electron chi connectivity index (χ2n) is 5.26. The van der Waals surface area contributed by atoms with Crippen molar-refractivity contribution in [2.75, 3.05) is 6.54 Å². The van der Waals surface area contributed by atoms with E-state index in [1.165, 1.54) is 12.1 Å². The first-order chi connectivity index (χ1) is 11.1. The van der Waals surface area contributed by atoms with E-state index < -0.39 is 11.0 Å². The van der Waals surface area contributed by atoms with Crippen LogP contribution < -0.4 is 11.1 Å². The van der Waals surface area contributed by atoms with E-state index in [4.69, 9.17) is 5.73 Å². The molecule has 6 nitrogen and oxygen atoms in total. The molecule has 0 aliphatic rings. The van der Waals surface area contributed by atoms with Crippen LogP contribution >= 0.6 is 0 Å². The molecule has 1 unspecified atom stereocenters. The van der Waals surface area contributed by atoms with Gasteiger partial charge in [-0.2, -0.15) is 0 Å². The second kappa shape index (κ2) is 8.05. The summed E-state index contributed by atoms with van der Waals surface area (Å²) < 4.78 is 0. The molecule has 3 N–H and O–H groups in total. The summed E-state index contributed by atoms with van der Waals surface area (Å²) >= 11 is 0. The maximum absolute atomic E-state index is 12.0. The first-order valence-electron chi connectivity index (χ1n) is 7.37. The number of non-ortho nitro benzene ring substituents is 1. The van der Waals surface area contributed by atoms with Crippen molar-refractivity contribution < 1.29 is 9.72 Å². The number of nitro benzene ring substituents is 1. The molecule has 1 atom stereocenters. The molecule has 2 aromatic carbocycles. The van der Waals surface area contributed by atoms with Gasteiger partial charge in [-0.15, -0.1) is 0 Å². The summed E-state index contributed by atoms with van der Waals surface area (Å²) in [4.78, 5) is 22.1. The molecule has 0 saturated heterocycles. The first kappa shape index (κ1) is 16.6. The van der Waals surface area contributed by atoms with Gasteiger partial charge in [-0.25, -0.2) is 0 Å². The third kappa shape index (κ3) is 5.19. The Morgan fingerprint density at radius 1 is 1.09 bits per heavy atom. The molecule has 2 aromatic rings. The lowest BCUT2D eigenvalue weighted by molar-refractivity contribution is -0.384. The maximum Gasteiger partial charge on any atom is 0.269 e. The lowest BCUT2D eigenvalue weighted by atomic mass is 10.1. The Morgan fingerprint density at radius 3 is 2.35 bits per heavy atom. The highest BCUT2D eigenvalue weighted by Gasteiger charge is 2.14. The molecule has 23 heavy (non-hydrogen) atoms. The molecule has 1 amide bonds. The molecule has 0 fully saturated rings. The fraction of sp³-hybridized carbons (Fsp3) is 0.235. The molecule has 0 aliphatic carbocycles. The Bertz CT molecular complexity index is 657. The summed E-state index contributed by atoms with van der Waals surface area (Å²) in [5, 5.41) is 13.4. The van der Waals surface area contributed by atoms with Gasteiger partial charge in [0.2, 0.25) is 5.91 Å².